The molecule has 2 atom stereocenters. The van der Waals surface area contributed by atoms with Crippen molar-refractivity contribution in [2.75, 3.05) is 20.6 Å². The van der Waals surface area contributed by atoms with Gasteiger partial charge in [0.05, 0.1) is 5.60 Å². The van der Waals surface area contributed by atoms with Crippen LogP contribution in [-0.4, -0.2) is 36.2 Å². The molecule has 0 bridgehead atoms. The highest BCUT2D eigenvalue weighted by atomic mass is 19.1. The molecule has 1 aliphatic carbocycles. The van der Waals surface area contributed by atoms with E-state index in [0.29, 0.717) is 12.0 Å². The molecule has 2 unspecified atom stereocenters. The van der Waals surface area contributed by atoms with E-state index in [9.17, 15) is 9.50 Å². The van der Waals surface area contributed by atoms with Crippen LogP contribution in [0.4, 0.5) is 4.39 Å². The molecule has 106 valence electrons. The molecule has 1 aliphatic rings. The summed E-state index contributed by atoms with van der Waals surface area (Å²) in [6.45, 7) is 0.976. The van der Waals surface area contributed by atoms with Crippen molar-refractivity contribution in [1.29, 1.82) is 0 Å². The highest BCUT2D eigenvalue weighted by molar-refractivity contribution is 5.20. The molecule has 2 nitrogen and oxygen atoms in total. The number of benzene rings is 1. The van der Waals surface area contributed by atoms with Gasteiger partial charge in [-0.05, 0) is 57.5 Å². The van der Waals surface area contributed by atoms with E-state index in [0.717, 1.165) is 32.2 Å². The first kappa shape index (κ1) is 14.5. The van der Waals surface area contributed by atoms with Gasteiger partial charge in [0.15, 0.2) is 0 Å². The fraction of sp³-hybridized carbons (Fsp3) is 0.625. The molecule has 19 heavy (non-hydrogen) atoms. The Morgan fingerprint density at radius 2 is 2.11 bits per heavy atom. The molecule has 0 amide bonds. The zero-order chi connectivity index (χ0) is 13.9. The second-order valence-electron chi connectivity index (χ2n) is 6.05. The van der Waals surface area contributed by atoms with E-state index in [2.05, 4.69) is 4.90 Å². The van der Waals surface area contributed by atoms with Crippen LogP contribution in [0.5, 0.6) is 0 Å². The predicted molar refractivity (Wildman–Crippen MR) is 75.6 cm³/mol. The molecule has 0 aromatic heterocycles. The van der Waals surface area contributed by atoms with Crippen LogP contribution in [0, 0.1) is 11.7 Å². The monoisotopic (exact) mass is 265 g/mol. The van der Waals surface area contributed by atoms with Gasteiger partial charge in [-0.15, -0.1) is 0 Å². The molecule has 0 spiro atoms. The largest absolute Gasteiger partial charge is 0.389 e. The fourth-order valence-corrected chi connectivity index (χ4v) is 3.16. The first-order valence-corrected chi connectivity index (χ1v) is 7.12. The van der Waals surface area contributed by atoms with Crippen LogP contribution < -0.4 is 0 Å². The average Bonchev–Trinajstić information content (AvgIpc) is 2.71. The predicted octanol–water partition coefficient (Wildman–Crippen LogP) is 2.85. The molecule has 3 heteroatoms. The highest BCUT2D eigenvalue weighted by Crippen LogP contribution is 2.40. The molecule has 0 radical (unpaired) electrons. The van der Waals surface area contributed by atoms with Gasteiger partial charge in [0.2, 0.25) is 0 Å². The number of halogens is 1. The molecule has 2 rings (SSSR count). The quantitative estimate of drug-likeness (QED) is 0.885. The van der Waals surface area contributed by atoms with Gasteiger partial charge in [-0.1, -0.05) is 24.6 Å². The molecule has 1 aromatic carbocycles. The van der Waals surface area contributed by atoms with Gasteiger partial charge in [0.1, 0.15) is 5.82 Å². The summed E-state index contributed by atoms with van der Waals surface area (Å²) in [5.41, 5.74) is -0.0835. The number of nitrogens with zero attached hydrogens (tertiary/aromatic N) is 1. The van der Waals surface area contributed by atoms with Crippen LogP contribution >= 0.6 is 0 Å². The molecular weight excluding hydrogens is 241 g/mol. The smallest absolute Gasteiger partial charge is 0.126 e. The maximum absolute atomic E-state index is 13.7. The third-order valence-corrected chi connectivity index (χ3v) is 4.30. The van der Waals surface area contributed by atoms with Crippen molar-refractivity contribution < 1.29 is 9.50 Å². The Morgan fingerprint density at radius 1 is 1.37 bits per heavy atom. The van der Waals surface area contributed by atoms with E-state index in [1.807, 2.05) is 20.2 Å². The maximum atomic E-state index is 13.7. The SMILES string of the molecule is CN(C)CCC1CCCC1(O)Cc1ccccc1F. The van der Waals surface area contributed by atoms with E-state index in [1.54, 1.807) is 12.1 Å². The molecule has 0 heterocycles. The fourth-order valence-electron chi connectivity index (χ4n) is 3.16. The summed E-state index contributed by atoms with van der Waals surface area (Å²) in [7, 11) is 4.09. The molecule has 0 saturated heterocycles. The third-order valence-electron chi connectivity index (χ3n) is 4.30. The van der Waals surface area contributed by atoms with E-state index >= 15 is 0 Å². The van der Waals surface area contributed by atoms with Gasteiger partial charge >= 0.3 is 0 Å². The van der Waals surface area contributed by atoms with Crippen molar-refractivity contribution in [2.45, 2.75) is 37.7 Å². The zero-order valence-corrected chi connectivity index (χ0v) is 11.9. The molecule has 1 N–H and O–H groups in total. The Balaban J connectivity index is 2.06. The number of hydrogen-bond donors (Lipinski definition) is 1. The molecule has 0 aliphatic heterocycles. The second-order valence-corrected chi connectivity index (χ2v) is 6.05. The van der Waals surface area contributed by atoms with E-state index < -0.39 is 5.60 Å². The van der Waals surface area contributed by atoms with Crippen LogP contribution in [-0.2, 0) is 6.42 Å². The summed E-state index contributed by atoms with van der Waals surface area (Å²) in [5, 5.41) is 10.9. The van der Waals surface area contributed by atoms with Crippen molar-refractivity contribution in [3.05, 3.63) is 35.6 Å². The minimum absolute atomic E-state index is 0.200. The van der Waals surface area contributed by atoms with Crippen LogP contribution in [0.25, 0.3) is 0 Å². The summed E-state index contributed by atoms with van der Waals surface area (Å²) in [4.78, 5) is 2.14. The Morgan fingerprint density at radius 3 is 2.79 bits per heavy atom. The van der Waals surface area contributed by atoms with Crippen molar-refractivity contribution in [2.24, 2.45) is 5.92 Å². The highest BCUT2D eigenvalue weighted by Gasteiger charge is 2.41. The third kappa shape index (κ3) is 3.54. The van der Waals surface area contributed by atoms with Gasteiger partial charge in [-0.25, -0.2) is 4.39 Å². The van der Waals surface area contributed by atoms with Gasteiger partial charge in [-0.3, -0.25) is 0 Å². The lowest BCUT2D eigenvalue weighted by molar-refractivity contribution is -0.00298. The number of hydrogen-bond acceptors (Lipinski definition) is 2. The second kappa shape index (κ2) is 6.02. The lowest BCUT2D eigenvalue weighted by Crippen LogP contribution is -2.37. The molecular formula is C16H24FNO. The van der Waals surface area contributed by atoms with Crippen LogP contribution in [0.2, 0.25) is 0 Å². The van der Waals surface area contributed by atoms with Crippen LogP contribution in [0.3, 0.4) is 0 Å². The maximum Gasteiger partial charge on any atom is 0.126 e. The topological polar surface area (TPSA) is 23.5 Å². The van der Waals surface area contributed by atoms with E-state index in [4.69, 9.17) is 0 Å². The van der Waals surface area contributed by atoms with Crippen molar-refractivity contribution >= 4 is 0 Å². The zero-order valence-electron chi connectivity index (χ0n) is 11.9. The first-order chi connectivity index (χ1) is 9.01. The lowest BCUT2D eigenvalue weighted by Gasteiger charge is -2.31. The molecule has 1 fully saturated rings. The van der Waals surface area contributed by atoms with Crippen LogP contribution in [0.1, 0.15) is 31.2 Å². The minimum atomic E-state index is -0.724. The molecule has 1 aromatic rings. The first-order valence-electron chi connectivity index (χ1n) is 7.12. The Labute approximate surface area is 115 Å². The van der Waals surface area contributed by atoms with Gasteiger partial charge in [0, 0.05) is 6.42 Å². The van der Waals surface area contributed by atoms with Gasteiger partial charge in [-0.2, -0.15) is 0 Å². The van der Waals surface area contributed by atoms with Crippen molar-refractivity contribution in [3.8, 4) is 0 Å². The molecule has 1 saturated carbocycles. The minimum Gasteiger partial charge on any atom is -0.389 e. The van der Waals surface area contributed by atoms with E-state index in [1.165, 1.54) is 6.07 Å². The van der Waals surface area contributed by atoms with Crippen molar-refractivity contribution in [3.63, 3.8) is 0 Å². The summed E-state index contributed by atoms with van der Waals surface area (Å²) in [6.07, 6.45) is 4.32. The normalized spacial score (nSPS) is 27.1. The van der Waals surface area contributed by atoms with Crippen molar-refractivity contribution in [1.82, 2.24) is 4.90 Å². The van der Waals surface area contributed by atoms with E-state index in [-0.39, 0.29) is 11.7 Å². The summed E-state index contributed by atoms with van der Waals surface area (Å²) in [6, 6.07) is 6.80. The average molecular weight is 265 g/mol. The lowest BCUT2D eigenvalue weighted by atomic mass is 9.83. The van der Waals surface area contributed by atoms with Gasteiger partial charge < -0.3 is 10.0 Å². The Kier molecular flexibility index (Phi) is 4.58. The number of aliphatic hydroxyl groups is 1. The van der Waals surface area contributed by atoms with Crippen LogP contribution in [0.15, 0.2) is 24.3 Å². The van der Waals surface area contributed by atoms with Gasteiger partial charge in [0.25, 0.3) is 0 Å². The Hall–Kier alpha value is -0.930. The summed E-state index contributed by atoms with van der Waals surface area (Å²) < 4.78 is 13.7. The standard InChI is InChI=1S/C16H24FNO/c1-18(2)11-9-14-7-5-10-16(14,19)12-13-6-3-4-8-15(13)17/h3-4,6,8,14,19H,5,7,9-12H2,1-2H3. The summed E-state index contributed by atoms with van der Waals surface area (Å²) >= 11 is 0. The summed E-state index contributed by atoms with van der Waals surface area (Å²) in [5.74, 6) is 0.0868. The Bertz CT molecular complexity index is 421. The number of rotatable bonds is 5.